The van der Waals surface area contributed by atoms with Gasteiger partial charge in [-0.3, -0.25) is 0 Å². The molecule has 2 N–H and O–H groups in total. The number of hydrogen-bond donors (Lipinski definition) is 2. The van der Waals surface area contributed by atoms with Gasteiger partial charge in [-0.1, -0.05) is 18.2 Å². The van der Waals surface area contributed by atoms with Crippen molar-refractivity contribution in [3.63, 3.8) is 0 Å². The van der Waals surface area contributed by atoms with Crippen LogP contribution in [0.4, 0.5) is 10.2 Å². The van der Waals surface area contributed by atoms with Gasteiger partial charge in [0.15, 0.2) is 0 Å². The van der Waals surface area contributed by atoms with Crippen molar-refractivity contribution < 1.29 is 12.8 Å². The Labute approximate surface area is 145 Å². The molecule has 0 fully saturated rings. The minimum atomic E-state index is -3.47. The van der Waals surface area contributed by atoms with Crippen molar-refractivity contribution in [2.45, 2.75) is 17.9 Å². The second-order valence-corrected chi connectivity index (χ2v) is 7.39. The molecule has 3 rings (SSSR count). The average Bonchev–Trinajstić information content (AvgIpc) is 2.62. The van der Waals surface area contributed by atoms with Crippen molar-refractivity contribution in [2.75, 3.05) is 12.4 Å². The highest BCUT2D eigenvalue weighted by Gasteiger charge is 2.14. The zero-order valence-corrected chi connectivity index (χ0v) is 14.5. The van der Waals surface area contributed by atoms with Crippen molar-refractivity contribution >= 4 is 26.7 Å². The lowest BCUT2D eigenvalue weighted by Gasteiger charge is -2.16. The molecule has 2 aromatic carbocycles. The van der Waals surface area contributed by atoms with Crippen LogP contribution >= 0.6 is 0 Å². The summed E-state index contributed by atoms with van der Waals surface area (Å²) in [5.74, 6) is 0.112. The van der Waals surface area contributed by atoms with Crippen LogP contribution in [-0.4, -0.2) is 25.4 Å². The predicted octanol–water partition coefficient (Wildman–Crippen LogP) is 2.85. The topological polar surface area (TPSA) is 84.0 Å². The predicted molar refractivity (Wildman–Crippen MR) is 94.2 cm³/mol. The van der Waals surface area contributed by atoms with Crippen LogP contribution in [0.2, 0.25) is 0 Å². The van der Waals surface area contributed by atoms with Crippen molar-refractivity contribution in [3.8, 4) is 0 Å². The number of fused-ring (bicyclic) bond motifs is 1. The van der Waals surface area contributed by atoms with E-state index in [0.717, 1.165) is 5.56 Å². The number of sulfonamides is 1. The maximum atomic E-state index is 13.8. The van der Waals surface area contributed by atoms with E-state index in [2.05, 4.69) is 20.0 Å². The number of nitrogens with zero attached hydrogens (tertiary/aromatic N) is 2. The SMILES string of the molecule is CNS(=O)(=O)c1ccc([C@H](C)Nc2ncnc3c(F)cccc23)cc1. The molecule has 0 aliphatic rings. The van der Waals surface area contributed by atoms with Crippen molar-refractivity contribution in [2.24, 2.45) is 0 Å². The molecule has 0 saturated heterocycles. The van der Waals surface area contributed by atoms with Crippen LogP contribution in [0.1, 0.15) is 18.5 Å². The van der Waals surface area contributed by atoms with Crippen molar-refractivity contribution in [3.05, 3.63) is 60.2 Å². The highest BCUT2D eigenvalue weighted by atomic mass is 32.2. The Morgan fingerprint density at radius 3 is 2.48 bits per heavy atom. The lowest BCUT2D eigenvalue weighted by atomic mass is 10.1. The van der Waals surface area contributed by atoms with E-state index in [4.69, 9.17) is 0 Å². The van der Waals surface area contributed by atoms with Crippen LogP contribution in [0.3, 0.4) is 0 Å². The number of hydrogen-bond acceptors (Lipinski definition) is 5. The molecule has 1 aromatic heterocycles. The number of aromatic nitrogens is 2. The summed E-state index contributed by atoms with van der Waals surface area (Å²) >= 11 is 0. The molecular formula is C17H17FN4O2S. The Kier molecular flexibility index (Phi) is 4.65. The second-order valence-electron chi connectivity index (χ2n) is 5.50. The molecule has 0 aliphatic heterocycles. The number of halogens is 1. The summed E-state index contributed by atoms with van der Waals surface area (Å²) in [6.45, 7) is 1.91. The molecule has 130 valence electrons. The van der Waals surface area contributed by atoms with E-state index in [9.17, 15) is 12.8 Å². The molecule has 1 atom stereocenters. The molecule has 0 spiro atoms. The van der Waals surface area contributed by atoms with E-state index in [1.54, 1.807) is 24.3 Å². The Morgan fingerprint density at radius 2 is 1.80 bits per heavy atom. The minimum absolute atomic E-state index is 0.160. The van der Waals surface area contributed by atoms with Gasteiger partial charge < -0.3 is 5.32 Å². The summed E-state index contributed by atoms with van der Waals surface area (Å²) in [7, 11) is -2.10. The monoisotopic (exact) mass is 360 g/mol. The van der Waals surface area contributed by atoms with Gasteiger partial charge in [0.1, 0.15) is 23.5 Å². The molecule has 0 unspecified atom stereocenters. The molecule has 0 aliphatic carbocycles. The number of rotatable bonds is 5. The Hall–Kier alpha value is -2.58. The van der Waals surface area contributed by atoms with Crippen LogP contribution < -0.4 is 10.0 Å². The maximum absolute atomic E-state index is 13.8. The van der Waals surface area contributed by atoms with Gasteiger partial charge in [0.05, 0.1) is 4.90 Å². The zero-order chi connectivity index (χ0) is 18.0. The standard InChI is InChI=1S/C17H17FN4O2S/c1-11(12-6-8-13(9-7-12)25(23,24)19-2)22-17-14-4-3-5-15(18)16(14)20-10-21-17/h3-11,19H,1-2H3,(H,20,21,22)/t11-/m0/s1. The van der Waals surface area contributed by atoms with E-state index in [1.807, 2.05) is 6.92 Å². The molecule has 0 radical (unpaired) electrons. The fraction of sp³-hybridized carbons (Fsp3) is 0.176. The minimum Gasteiger partial charge on any atom is -0.363 e. The molecule has 8 heteroatoms. The van der Waals surface area contributed by atoms with E-state index in [0.29, 0.717) is 11.2 Å². The van der Waals surface area contributed by atoms with E-state index < -0.39 is 15.8 Å². The third kappa shape index (κ3) is 3.45. The Balaban J connectivity index is 1.88. The quantitative estimate of drug-likeness (QED) is 0.731. The van der Waals surface area contributed by atoms with E-state index in [1.165, 1.54) is 31.6 Å². The summed E-state index contributed by atoms with van der Waals surface area (Å²) < 4.78 is 39.7. The van der Waals surface area contributed by atoms with Gasteiger partial charge in [-0.25, -0.2) is 27.5 Å². The van der Waals surface area contributed by atoms with Crippen LogP contribution in [0.5, 0.6) is 0 Å². The first kappa shape index (κ1) is 17.2. The average molecular weight is 360 g/mol. The highest BCUT2D eigenvalue weighted by Crippen LogP contribution is 2.25. The normalized spacial score (nSPS) is 12.9. The number of para-hydroxylation sites is 1. The van der Waals surface area contributed by atoms with Crippen molar-refractivity contribution in [1.29, 1.82) is 0 Å². The fourth-order valence-corrected chi connectivity index (χ4v) is 3.24. The summed E-state index contributed by atoms with van der Waals surface area (Å²) in [6, 6.07) is 11.1. The molecule has 0 bridgehead atoms. The van der Waals surface area contributed by atoms with Gasteiger partial charge in [-0.05, 0) is 43.8 Å². The van der Waals surface area contributed by atoms with E-state index >= 15 is 0 Å². The molecule has 6 nitrogen and oxygen atoms in total. The third-order valence-electron chi connectivity index (χ3n) is 3.93. The van der Waals surface area contributed by atoms with Gasteiger partial charge in [0.25, 0.3) is 0 Å². The summed E-state index contributed by atoms with van der Waals surface area (Å²) in [5, 5.41) is 3.80. The van der Waals surface area contributed by atoms with Gasteiger partial charge >= 0.3 is 0 Å². The van der Waals surface area contributed by atoms with Crippen LogP contribution in [0, 0.1) is 5.82 Å². The molecule has 1 heterocycles. The lowest BCUT2D eigenvalue weighted by molar-refractivity contribution is 0.588. The van der Waals surface area contributed by atoms with Gasteiger partial charge in [-0.15, -0.1) is 0 Å². The highest BCUT2D eigenvalue weighted by molar-refractivity contribution is 7.89. The molecule has 25 heavy (non-hydrogen) atoms. The summed E-state index contributed by atoms with van der Waals surface area (Å²) in [4.78, 5) is 8.35. The number of anilines is 1. The number of nitrogens with one attached hydrogen (secondary N) is 2. The van der Waals surface area contributed by atoms with Gasteiger partial charge in [0.2, 0.25) is 10.0 Å². The molecule has 3 aromatic rings. The Bertz CT molecular complexity index is 1010. The first-order chi connectivity index (χ1) is 11.9. The van der Waals surface area contributed by atoms with Gasteiger partial charge in [-0.2, -0.15) is 0 Å². The smallest absolute Gasteiger partial charge is 0.240 e. The molecule has 0 amide bonds. The third-order valence-corrected chi connectivity index (χ3v) is 5.36. The second kappa shape index (κ2) is 6.73. The van der Waals surface area contributed by atoms with E-state index in [-0.39, 0.29) is 16.5 Å². The molecule has 0 saturated carbocycles. The van der Waals surface area contributed by atoms with Crippen LogP contribution in [-0.2, 0) is 10.0 Å². The summed E-state index contributed by atoms with van der Waals surface area (Å²) in [6.07, 6.45) is 1.31. The first-order valence-corrected chi connectivity index (χ1v) is 9.10. The molecular weight excluding hydrogens is 343 g/mol. The largest absolute Gasteiger partial charge is 0.363 e. The zero-order valence-electron chi connectivity index (χ0n) is 13.7. The summed E-state index contributed by atoms with van der Waals surface area (Å²) in [5.41, 5.74) is 1.13. The van der Waals surface area contributed by atoms with Gasteiger partial charge in [0, 0.05) is 11.4 Å². The van der Waals surface area contributed by atoms with Crippen LogP contribution in [0.15, 0.2) is 53.7 Å². The lowest BCUT2D eigenvalue weighted by Crippen LogP contribution is -2.18. The maximum Gasteiger partial charge on any atom is 0.240 e. The Morgan fingerprint density at radius 1 is 1.08 bits per heavy atom. The number of benzene rings is 2. The van der Waals surface area contributed by atoms with Crippen LogP contribution in [0.25, 0.3) is 10.9 Å². The van der Waals surface area contributed by atoms with Crippen molar-refractivity contribution in [1.82, 2.24) is 14.7 Å². The first-order valence-electron chi connectivity index (χ1n) is 7.61. The fourth-order valence-electron chi connectivity index (χ4n) is 2.51.